The quantitative estimate of drug-likeness (QED) is 0.563. The van der Waals surface area contributed by atoms with Crippen LogP contribution in [0.2, 0.25) is 0 Å². The minimum absolute atomic E-state index is 0.167. The highest BCUT2D eigenvalue weighted by Crippen LogP contribution is 2.06. The number of methoxy groups -OCH3 is 1. The van der Waals surface area contributed by atoms with Crippen LogP contribution in [0.3, 0.4) is 0 Å². The second-order valence-corrected chi connectivity index (χ2v) is 6.90. The molecule has 0 radical (unpaired) electrons. The van der Waals surface area contributed by atoms with Gasteiger partial charge in [0.05, 0.1) is 13.7 Å². The van der Waals surface area contributed by atoms with Gasteiger partial charge in [-0.25, -0.2) is 9.59 Å². The SMILES string of the molecule is COC(=O)[C@@H](NC(=O)CNC(=O)[C@H](C)NC(=O)OC(C)(C)C)C(C)C. The predicted octanol–water partition coefficient (Wildman–Crippen LogP) is 0.330. The first-order valence-corrected chi connectivity index (χ1v) is 8.01. The third-order valence-electron chi connectivity index (χ3n) is 2.99. The molecule has 0 aliphatic heterocycles. The first-order chi connectivity index (χ1) is 11.4. The zero-order valence-electron chi connectivity index (χ0n) is 15.9. The molecule has 144 valence electrons. The van der Waals surface area contributed by atoms with Gasteiger partial charge in [0.15, 0.2) is 0 Å². The number of rotatable bonds is 7. The fraction of sp³-hybridized carbons (Fsp3) is 0.750. The number of ether oxygens (including phenoxy) is 2. The maximum absolute atomic E-state index is 11.9. The molecule has 0 aromatic carbocycles. The summed E-state index contributed by atoms with van der Waals surface area (Å²) < 4.78 is 9.66. The van der Waals surface area contributed by atoms with E-state index in [-0.39, 0.29) is 12.5 Å². The van der Waals surface area contributed by atoms with E-state index in [0.717, 1.165) is 0 Å². The molecule has 3 amide bonds. The van der Waals surface area contributed by atoms with E-state index < -0.39 is 41.6 Å². The highest BCUT2D eigenvalue weighted by Gasteiger charge is 2.25. The van der Waals surface area contributed by atoms with Gasteiger partial charge in [-0.05, 0) is 33.6 Å². The zero-order chi connectivity index (χ0) is 19.8. The highest BCUT2D eigenvalue weighted by molar-refractivity contribution is 5.90. The Morgan fingerprint density at radius 3 is 2.00 bits per heavy atom. The predicted molar refractivity (Wildman–Crippen MR) is 90.6 cm³/mol. The van der Waals surface area contributed by atoms with Crippen LogP contribution in [0.15, 0.2) is 0 Å². The zero-order valence-corrected chi connectivity index (χ0v) is 15.9. The lowest BCUT2D eigenvalue weighted by Crippen LogP contribution is -2.51. The third-order valence-corrected chi connectivity index (χ3v) is 2.99. The van der Waals surface area contributed by atoms with Gasteiger partial charge in [0, 0.05) is 0 Å². The Bertz CT molecular complexity index is 499. The van der Waals surface area contributed by atoms with Gasteiger partial charge in [-0.15, -0.1) is 0 Å². The van der Waals surface area contributed by atoms with Crippen molar-refractivity contribution in [3.63, 3.8) is 0 Å². The topological polar surface area (TPSA) is 123 Å². The van der Waals surface area contributed by atoms with E-state index in [1.807, 2.05) is 0 Å². The normalized spacial score (nSPS) is 13.4. The van der Waals surface area contributed by atoms with E-state index in [0.29, 0.717) is 0 Å². The lowest BCUT2D eigenvalue weighted by atomic mass is 10.0. The second kappa shape index (κ2) is 9.85. The summed E-state index contributed by atoms with van der Waals surface area (Å²) in [5.74, 6) is -1.82. The molecule has 0 heterocycles. The van der Waals surface area contributed by atoms with Crippen molar-refractivity contribution in [2.75, 3.05) is 13.7 Å². The Morgan fingerprint density at radius 1 is 1.00 bits per heavy atom. The smallest absolute Gasteiger partial charge is 0.408 e. The van der Waals surface area contributed by atoms with Gasteiger partial charge in [0.1, 0.15) is 17.7 Å². The van der Waals surface area contributed by atoms with E-state index in [4.69, 9.17) is 4.74 Å². The summed E-state index contributed by atoms with van der Waals surface area (Å²) in [7, 11) is 1.23. The first kappa shape index (κ1) is 22.7. The molecule has 2 atom stereocenters. The molecule has 0 unspecified atom stereocenters. The molecule has 0 spiro atoms. The molecule has 3 N–H and O–H groups in total. The number of hydrogen-bond donors (Lipinski definition) is 3. The minimum atomic E-state index is -0.885. The van der Waals surface area contributed by atoms with E-state index >= 15 is 0 Å². The summed E-state index contributed by atoms with van der Waals surface area (Å²) in [6.07, 6.45) is -0.731. The molecule has 0 saturated carbocycles. The Balaban J connectivity index is 4.41. The standard InChI is InChI=1S/C16H29N3O6/c1-9(2)12(14(22)24-7)19-11(20)8-17-13(21)10(3)18-15(23)25-16(4,5)6/h9-10,12H,8H2,1-7H3,(H,17,21)(H,18,23)(H,19,20)/t10-,12-/m0/s1. The summed E-state index contributed by atoms with van der Waals surface area (Å²) in [6, 6.07) is -1.68. The van der Waals surface area contributed by atoms with E-state index in [1.54, 1.807) is 34.6 Å². The van der Waals surface area contributed by atoms with Gasteiger partial charge in [0.25, 0.3) is 0 Å². The molecule has 9 nitrogen and oxygen atoms in total. The number of amides is 3. The van der Waals surface area contributed by atoms with Crippen LogP contribution in [0.25, 0.3) is 0 Å². The van der Waals surface area contributed by atoms with Gasteiger partial charge in [-0.2, -0.15) is 0 Å². The van der Waals surface area contributed by atoms with Crippen molar-refractivity contribution in [2.45, 2.75) is 59.2 Å². The molecular formula is C16H29N3O6. The van der Waals surface area contributed by atoms with Crippen LogP contribution in [0.5, 0.6) is 0 Å². The molecule has 0 bridgehead atoms. The largest absolute Gasteiger partial charge is 0.467 e. The van der Waals surface area contributed by atoms with Crippen molar-refractivity contribution >= 4 is 23.9 Å². The second-order valence-electron chi connectivity index (χ2n) is 6.90. The van der Waals surface area contributed by atoms with Gasteiger partial charge in [0.2, 0.25) is 11.8 Å². The number of hydrogen-bond acceptors (Lipinski definition) is 6. The molecule has 25 heavy (non-hydrogen) atoms. The third kappa shape index (κ3) is 9.53. The molecule has 0 aliphatic rings. The number of nitrogens with one attached hydrogen (secondary N) is 3. The van der Waals surface area contributed by atoms with Gasteiger partial charge >= 0.3 is 12.1 Å². The van der Waals surface area contributed by atoms with Crippen molar-refractivity contribution < 1.29 is 28.7 Å². The summed E-state index contributed by atoms with van der Waals surface area (Å²) in [5.41, 5.74) is -0.681. The van der Waals surface area contributed by atoms with Gasteiger partial charge in [-0.1, -0.05) is 13.8 Å². The van der Waals surface area contributed by atoms with Crippen molar-refractivity contribution in [3.05, 3.63) is 0 Å². The Hall–Kier alpha value is -2.32. The van der Waals surface area contributed by atoms with E-state index in [2.05, 4.69) is 20.7 Å². The molecular weight excluding hydrogens is 330 g/mol. The molecule has 0 aliphatic carbocycles. The monoisotopic (exact) mass is 359 g/mol. The number of alkyl carbamates (subject to hydrolysis) is 1. The Morgan fingerprint density at radius 2 is 1.56 bits per heavy atom. The summed E-state index contributed by atoms with van der Waals surface area (Å²) in [4.78, 5) is 47.0. The van der Waals surface area contributed by atoms with Crippen LogP contribution < -0.4 is 16.0 Å². The fourth-order valence-electron chi connectivity index (χ4n) is 1.72. The summed E-state index contributed by atoms with van der Waals surface area (Å²) >= 11 is 0. The number of esters is 1. The van der Waals surface area contributed by atoms with E-state index in [1.165, 1.54) is 14.0 Å². The van der Waals surface area contributed by atoms with Gasteiger partial charge in [-0.3, -0.25) is 9.59 Å². The molecule has 0 saturated heterocycles. The molecule has 0 fully saturated rings. The van der Waals surface area contributed by atoms with Crippen molar-refractivity contribution in [1.29, 1.82) is 0 Å². The molecule has 0 aromatic heterocycles. The van der Waals surface area contributed by atoms with Crippen molar-refractivity contribution in [1.82, 2.24) is 16.0 Å². The van der Waals surface area contributed by atoms with E-state index in [9.17, 15) is 19.2 Å². The maximum Gasteiger partial charge on any atom is 0.408 e. The van der Waals surface area contributed by atoms with Crippen molar-refractivity contribution in [3.8, 4) is 0 Å². The number of carbonyl (C=O) groups excluding carboxylic acids is 4. The molecule has 0 rings (SSSR count). The minimum Gasteiger partial charge on any atom is -0.467 e. The first-order valence-electron chi connectivity index (χ1n) is 8.01. The fourth-order valence-corrected chi connectivity index (χ4v) is 1.72. The van der Waals surface area contributed by atoms with Crippen LogP contribution >= 0.6 is 0 Å². The molecule has 9 heteroatoms. The lowest BCUT2D eigenvalue weighted by molar-refractivity contribution is -0.146. The Labute approximate surface area is 148 Å². The van der Waals surface area contributed by atoms with Crippen LogP contribution in [-0.2, 0) is 23.9 Å². The number of carbonyl (C=O) groups is 4. The molecule has 0 aromatic rings. The summed E-state index contributed by atoms with van der Waals surface area (Å²) in [6.45, 7) is 9.75. The van der Waals surface area contributed by atoms with Crippen molar-refractivity contribution in [2.24, 2.45) is 5.92 Å². The highest BCUT2D eigenvalue weighted by atomic mass is 16.6. The average Bonchev–Trinajstić information content (AvgIpc) is 2.46. The van der Waals surface area contributed by atoms with Crippen LogP contribution in [0.1, 0.15) is 41.5 Å². The average molecular weight is 359 g/mol. The van der Waals surface area contributed by atoms with Crippen LogP contribution in [0.4, 0.5) is 4.79 Å². The lowest BCUT2D eigenvalue weighted by Gasteiger charge is -2.22. The van der Waals surface area contributed by atoms with Gasteiger partial charge < -0.3 is 25.4 Å². The van der Waals surface area contributed by atoms with Crippen LogP contribution in [0, 0.1) is 5.92 Å². The Kier molecular flexibility index (Phi) is 8.94. The summed E-state index contributed by atoms with van der Waals surface area (Å²) in [5, 5.41) is 7.24. The maximum atomic E-state index is 11.9. The van der Waals surface area contributed by atoms with Crippen LogP contribution in [-0.4, -0.2) is 55.2 Å².